The number of aromatic amines is 1. The van der Waals surface area contributed by atoms with E-state index in [1.165, 1.54) is 12.3 Å². The Hall–Kier alpha value is -3.23. The van der Waals surface area contributed by atoms with E-state index >= 15 is 0 Å². The van der Waals surface area contributed by atoms with Gasteiger partial charge >= 0.3 is 0 Å². The average molecular weight is 356 g/mol. The number of rotatable bonds is 0. The Bertz CT molecular complexity index is 989. The van der Waals surface area contributed by atoms with Gasteiger partial charge in [-0.2, -0.15) is 0 Å². The highest BCUT2D eigenvalue weighted by Crippen LogP contribution is 2.28. The minimum absolute atomic E-state index is 0.246. The molecule has 134 valence electrons. The molecular formula is C17H17FN6O2. The molecule has 0 aliphatic carbocycles. The van der Waals surface area contributed by atoms with Crippen LogP contribution in [0.2, 0.25) is 0 Å². The molecule has 0 unspecified atom stereocenters. The van der Waals surface area contributed by atoms with Crippen LogP contribution in [0.25, 0.3) is 11.2 Å². The van der Waals surface area contributed by atoms with Crippen molar-refractivity contribution in [2.24, 2.45) is 0 Å². The summed E-state index contributed by atoms with van der Waals surface area (Å²) in [5.41, 5.74) is 1.91. The van der Waals surface area contributed by atoms with Crippen molar-refractivity contribution in [1.82, 2.24) is 25.3 Å². The lowest BCUT2D eigenvalue weighted by molar-refractivity contribution is 0.0956. The van der Waals surface area contributed by atoms with Crippen molar-refractivity contribution < 1.29 is 13.9 Å². The molecule has 0 fully saturated rings. The van der Waals surface area contributed by atoms with Crippen LogP contribution in [0.15, 0.2) is 24.7 Å². The van der Waals surface area contributed by atoms with Crippen LogP contribution in [0, 0.1) is 5.82 Å². The van der Waals surface area contributed by atoms with Crippen LogP contribution >= 0.6 is 0 Å². The molecule has 0 saturated carbocycles. The fourth-order valence-electron chi connectivity index (χ4n) is 2.95. The fourth-order valence-corrected chi connectivity index (χ4v) is 2.95. The second-order valence-corrected chi connectivity index (χ2v) is 6.11. The smallest absolute Gasteiger partial charge is 0.255 e. The van der Waals surface area contributed by atoms with Crippen LogP contribution in [-0.4, -0.2) is 46.0 Å². The minimum atomic E-state index is -0.505. The van der Waals surface area contributed by atoms with Crippen LogP contribution < -0.4 is 15.0 Å². The van der Waals surface area contributed by atoms with Gasteiger partial charge in [-0.05, 0) is 13.0 Å². The number of carbonyl (C=O) groups is 1. The molecular weight excluding hydrogens is 339 g/mol. The van der Waals surface area contributed by atoms with E-state index < -0.39 is 11.9 Å². The first kappa shape index (κ1) is 16.2. The van der Waals surface area contributed by atoms with Crippen molar-refractivity contribution in [3.8, 4) is 5.88 Å². The largest absolute Gasteiger partial charge is 0.469 e. The van der Waals surface area contributed by atoms with Crippen LogP contribution in [0.4, 0.5) is 10.2 Å². The normalized spacial score (nSPS) is 17.7. The first-order valence-corrected chi connectivity index (χ1v) is 8.18. The summed E-state index contributed by atoms with van der Waals surface area (Å²) in [4.78, 5) is 30.0. The average Bonchev–Trinajstić information content (AvgIpc) is 3.04. The molecule has 1 amide bonds. The number of nitrogens with zero attached hydrogens (tertiary/aromatic N) is 4. The molecule has 2 N–H and O–H groups in total. The van der Waals surface area contributed by atoms with Gasteiger partial charge < -0.3 is 19.9 Å². The zero-order valence-corrected chi connectivity index (χ0v) is 14.3. The van der Waals surface area contributed by atoms with Gasteiger partial charge in [0.05, 0.1) is 18.0 Å². The number of hydrogen-bond donors (Lipinski definition) is 2. The fraction of sp³-hybridized carbons (Fsp3) is 0.294. The molecule has 9 heteroatoms. The van der Waals surface area contributed by atoms with E-state index in [0.29, 0.717) is 41.2 Å². The number of likely N-dealkylation sites (N-methyl/N-ethyl adjacent to an activating group) is 1. The predicted octanol–water partition coefficient (Wildman–Crippen LogP) is 1.81. The molecule has 0 radical (unpaired) electrons. The number of amides is 1. The van der Waals surface area contributed by atoms with Crippen molar-refractivity contribution in [3.63, 3.8) is 0 Å². The SMILES string of the molecule is C[C@H]1Oc2cnc3[nH]cc(c3n2)C(=O)NCCN(C)c2ncc(F)cc21. The highest BCUT2D eigenvalue weighted by atomic mass is 19.1. The summed E-state index contributed by atoms with van der Waals surface area (Å²) < 4.78 is 19.6. The molecule has 1 atom stereocenters. The van der Waals surface area contributed by atoms with Crippen LogP contribution in [-0.2, 0) is 0 Å². The Morgan fingerprint density at radius 2 is 2.19 bits per heavy atom. The van der Waals surface area contributed by atoms with Crippen molar-refractivity contribution in [2.45, 2.75) is 13.0 Å². The number of anilines is 1. The highest BCUT2D eigenvalue weighted by molar-refractivity contribution is 6.04. The van der Waals surface area contributed by atoms with E-state index in [-0.39, 0.29) is 11.8 Å². The summed E-state index contributed by atoms with van der Waals surface area (Å²) >= 11 is 0. The number of ether oxygens (including phenoxy) is 1. The van der Waals surface area contributed by atoms with E-state index in [9.17, 15) is 9.18 Å². The van der Waals surface area contributed by atoms with Gasteiger partial charge in [-0.1, -0.05) is 0 Å². The van der Waals surface area contributed by atoms with E-state index in [1.807, 2.05) is 11.9 Å². The third-order valence-corrected chi connectivity index (χ3v) is 4.29. The number of nitrogens with one attached hydrogen (secondary N) is 2. The van der Waals surface area contributed by atoms with Crippen molar-refractivity contribution >= 4 is 22.9 Å². The van der Waals surface area contributed by atoms with Gasteiger partial charge in [0.2, 0.25) is 5.88 Å². The summed E-state index contributed by atoms with van der Waals surface area (Å²) in [6.45, 7) is 2.69. The van der Waals surface area contributed by atoms with Crippen LogP contribution in [0.3, 0.4) is 0 Å². The summed E-state index contributed by atoms with van der Waals surface area (Å²) in [5, 5.41) is 2.85. The maximum absolute atomic E-state index is 13.8. The Morgan fingerprint density at radius 3 is 3.04 bits per heavy atom. The van der Waals surface area contributed by atoms with Gasteiger partial charge in [-0.15, -0.1) is 0 Å². The highest BCUT2D eigenvalue weighted by Gasteiger charge is 2.21. The van der Waals surface area contributed by atoms with Crippen LogP contribution in [0.5, 0.6) is 5.88 Å². The molecule has 4 rings (SSSR count). The lowest BCUT2D eigenvalue weighted by Crippen LogP contribution is -2.33. The molecule has 2 bridgehead atoms. The number of fused-ring (bicyclic) bond motifs is 2. The van der Waals surface area contributed by atoms with Gasteiger partial charge in [0.15, 0.2) is 5.65 Å². The van der Waals surface area contributed by atoms with Gasteiger partial charge in [-0.3, -0.25) is 4.79 Å². The predicted molar refractivity (Wildman–Crippen MR) is 92.7 cm³/mol. The Balaban J connectivity index is 1.82. The quantitative estimate of drug-likeness (QED) is 0.638. The van der Waals surface area contributed by atoms with E-state index in [2.05, 4.69) is 25.3 Å². The first-order chi connectivity index (χ1) is 12.5. The van der Waals surface area contributed by atoms with Gasteiger partial charge in [-0.25, -0.2) is 19.3 Å². The molecule has 0 spiro atoms. The first-order valence-electron chi connectivity index (χ1n) is 8.18. The molecule has 4 heterocycles. The van der Waals surface area contributed by atoms with Gasteiger partial charge in [0.1, 0.15) is 23.3 Å². The van der Waals surface area contributed by atoms with Crippen molar-refractivity contribution in [3.05, 3.63) is 41.6 Å². The molecule has 1 aliphatic rings. The van der Waals surface area contributed by atoms with Gasteiger partial charge in [0, 0.05) is 31.9 Å². The number of carbonyl (C=O) groups excluding carboxylic acids is 1. The summed E-state index contributed by atoms with van der Waals surface area (Å²) in [7, 11) is 1.83. The third kappa shape index (κ3) is 2.81. The third-order valence-electron chi connectivity index (χ3n) is 4.29. The molecule has 3 aromatic heterocycles. The molecule has 1 aliphatic heterocycles. The Kier molecular flexibility index (Phi) is 3.90. The number of pyridine rings is 1. The molecule has 26 heavy (non-hydrogen) atoms. The molecule has 3 aromatic rings. The topological polar surface area (TPSA) is 96.0 Å². The van der Waals surface area contributed by atoms with E-state index in [0.717, 1.165) is 6.20 Å². The molecule has 0 saturated heterocycles. The number of halogens is 1. The lowest BCUT2D eigenvalue weighted by atomic mass is 10.1. The second kappa shape index (κ2) is 6.25. The summed E-state index contributed by atoms with van der Waals surface area (Å²) in [5.74, 6) is 0.132. The molecule has 8 nitrogen and oxygen atoms in total. The van der Waals surface area contributed by atoms with E-state index in [4.69, 9.17) is 4.74 Å². The number of hydrogen-bond acceptors (Lipinski definition) is 6. The van der Waals surface area contributed by atoms with Crippen molar-refractivity contribution in [2.75, 3.05) is 25.0 Å². The zero-order chi connectivity index (χ0) is 18.3. The number of aromatic nitrogens is 4. The monoisotopic (exact) mass is 356 g/mol. The number of H-pyrrole nitrogens is 1. The van der Waals surface area contributed by atoms with Gasteiger partial charge in [0.25, 0.3) is 5.91 Å². The van der Waals surface area contributed by atoms with Crippen LogP contribution in [0.1, 0.15) is 28.9 Å². The second-order valence-electron chi connectivity index (χ2n) is 6.11. The van der Waals surface area contributed by atoms with E-state index in [1.54, 1.807) is 13.1 Å². The summed E-state index contributed by atoms with van der Waals surface area (Å²) in [6, 6.07) is 1.40. The maximum Gasteiger partial charge on any atom is 0.255 e. The minimum Gasteiger partial charge on any atom is -0.469 e. The molecule has 0 aromatic carbocycles. The lowest BCUT2D eigenvalue weighted by Gasteiger charge is -2.24. The zero-order valence-electron chi connectivity index (χ0n) is 14.3. The Labute approximate surface area is 148 Å². The standard InChI is InChI=1S/C17H17FN6O2/c1-9-11-5-10(18)6-22-16(11)24(2)4-3-19-17(25)12-7-20-15-14(12)23-13(26-9)8-21-15/h5-9H,3-4H2,1-2H3,(H,19,25)(H,20,21)/t9-/m1/s1. The summed E-state index contributed by atoms with van der Waals surface area (Å²) in [6.07, 6.45) is 3.69. The maximum atomic E-state index is 13.8. The van der Waals surface area contributed by atoms with Crippen molar-refractivity contribution in [1.29, 1.82) is 0 Å². The Morgan fingerprint density at radius 1 is 1.35 bits per heavy atom.